The van der Waals surface area contributed by atoms with E-state index in [9.17, 15) is 4.79 Å². The van der Waals surface area contributed by atoms with Gasteiger partial charge in [0, 0.05) is 30.1 Å². The third kappa shape index (κ3) is 4.01. The minimum atomic E-state index is -0.0671. The van der Waals surface area contributed by atoms with E-state index in [4.69, 9.17) is 0 Å². The number of hydrogen-bond acceptors (Lipinski definition) is 3. The van der Waals surface area contributed by atoms with Gasteiger partial charge >= 0.3 is 0 Å². The highest BCUT2D eigenvalue weighted by atomic mass is 16.1. The predicted molar refractivity (Wildman–Crippen MR) is 107 cm³/mol. The third-order valence-electron chi connectivity index (χ3n) is 4.45. The molecule has 1 amide bonds. The number of carbonyl (C=O) groups excluding carboxylic acids is 1. The number of rotatable bonds is 5. The molecule has 4 aromatic rings. The molecule has 4 heteroatoms. The number of nitrogens with one attached hydrogen (secondary N) is 1. The lowest BCUT2D eigenvalue weighted by atomic mass is 10.1. The zero-order chi connectivity index (χ0) is 18.5. The topological polar surface area (TPSA) is 54.9 Å². The molecule has 1 N–H and O–H groups in total. The first-order valence-electron chi connectivity index (χ1n) is 8.93. The minimum Gasteiger partial charge on any atom is -0.352 e. The van der Waals surface area contributed by atoms with Crippen molar-refractivity contribution in [3.05, 3.63) is 96.3 Å². The number of benzene rings is 3. The van der Waals surface area contributed by atoms with Gasteiger partial charge in [0.15, 0.2) is 5.82 Å². The Morgan fingerprint density at radius 1 is 0.815 bits per heavy atom. The summed E-state index contributed by atoms with van der Waals surface area (Å²) < 4.78 is 0. The second kappa shape index (κ2) is 7.79. The highest BCUT2D eigenvalue weighted by Crippen LogP contribution is 2.16. The van der Waals surface area contributed by atoms with Crippen molar-refractivity contribution in [1.29, 1.82) is 0 Å². The van der Waals surface area contributed by atoms with Crippen LogP contribution in [0.5, 0.6) is 0 Å². The lowest BCUT2D eigenvalue weighted by Crippen LogP contribution is -2.25. The van der Waals surface area contributed by atoms with Gasteiger partial charge in [-0.25, -0.2) is 9.97 Å². The molecule has 4 rings (SSSR count). The number of hydrogen-bond donors (Lipinski definition) is 1. The van der Waals surface area contributed by atoms with Crippen LogP contribution in [0.3, 0.4) is 0 Å². The van der Waals surface area contributed by atoms with Crippen molar-refractivity contribution >= 4 is 16.7 Å². The molecule has 0 fully saturated rings. The summed E-state index contributed by atoms with van der Waals surface area (Å²) in [7, 11) is 0. The van der Waals surface area contributed by atoms with Crippen LogP contribution in [0, 0.1) is 0 Å². The molecule has 0 bridgehead atoms. The highest BCUT2D eigenvalue weighted by molar-refractivity contribution is 5.98. The maximum absolute atomic E-state index is 12.4. The maximum Gasteiger partial charge on any atom is 0.251 e. The van der Waals surface area contributed by atoms with Gasteiger partial charge < -0.3 is 5.32 Å². The molecule has 0 saturated heterocycles. The van der Waals surface area contributed by atoms with Crippen LogP contribution in [0.2, 0.25) is 0 Å². The first-order valence-corrected chi connectivity index (χ1v) is 8.93. The molecule has 0 aliphatic heterocycles. The molecular formula is C23H19N3O. The standard InChI is InChI=1S/C23H19N3O/c27-23(21-11-10-18-6-4-5-9-20(18)14-21)24-13-12-17-15-25-22(26-16-17)19-7-2-1-3-8-19/h1-11,14-16H,12-13H2,(H,24,27). The monoisotopic (exact) mass is 353 g/mol. The van der Waals surface area contributed by atoms with Gasteiger partial charge in [0.2, 0.25) is 0 Å². The highest BCUT2D eigenvalue weighted by Gasteiger charge is 2.06. The van der Waals surface area contributed by atoms with Crippen LogP contribution in [0.25, 0.3) is 22.2 Å². The zero-order valence-corrected chi connectivity index (χ0v) is 14.8. The number of nitrogens with zero attached hydrogens (tertiary/aromatic N) is 2. The number of fused-ring (bicyclic) bond motifs is 1. The van der Waals surface area contributed by atoms with Crippen LogP contribution in [0.4, 0.5) is 0 Å². The summed E-state index contributed by atoms with van der Waals surface area (Å²) in [6, 6.07) is 23.6. The normalized spacial score (nSPS) is 10.7. The van der Waals surface area contributed by atoms with Gasteiger partial charge in [0.05, 0.1) is 0 Å². The van der Waals surface area contributed by atoms with E-state index < -0.39 is 0 Å². The van der Waals surface area contributed by atoms with Gasteiger partial charge in [0.25, 0.3) is 5.91 Å². The fraction of sp³-hybridized carbons (Fsp3) is 0.0870. The summed E-state index contributed by atoms with van der Waals surface area (Å²) in [5.74, 6) is 0.641. The maximum atomic E-state index is 12.4. The molecule has 1 aromatic heterocycles. The van der Waals surface area contributed by atoms with E-state index in [1.54, 1.807) is 0 Å². The lowest BCUT2D eigenvalue weighted by Gasteiger charge is -2.07. The summed E-state index contributed by atoms with van der Waals surface area (Å²) in [6.07, 6.45) is 4.32. The van der Waals surface area contributed by atoms with Crippen LogP contribution in [0.15, 0.2) is 85.2 Å². The summed E-state index contributed by atoms with van der Waals surface area (Å²) in [5.41, 5.74) is 2.66. The largest absolute Gasteiger partial charge is 0.352 e. The molecule has 3 aromatic carbocycles. The quantitative estimate of drug-likeness (QED) is 0.583. The van der Waals surface area contributed by atoms with E-state index in [1.807, 2.05) is 85.2 Å². The van der Waals surface area contributed by atoms with Gasteiger partial charge in [-0.15, -0.1) is 0 Å². The molecular weight excluding hydrogens is 334 g/mol. The first-order chi connectivity index (χ1) is 13.3. The Labute approximate surface area is 157 Å². The molecule has 132 valence electrons. The van der Waals surface area contributed by atoms with Gasteiger partial charge in [0.1, 0.15) is 0 Å². The van der Waals surface area contributed by atoms with Crippen molar-refractivity contribution in [2.45, 2.75) is 6.42 Å². The Kier molecular flexibility index (Phi) is 4.88. The van der Waals surface area contributed by atoms with E-state index in [-0.39, 0.29) is 5.91 Å². The second-order valence-electron chi connectivity index (χ2n) is 6.35. The van der Waals surface area contributed by atoms with Crippen LogP contribution in [-0.2, 0) is 6.42 Å². The molecule has 0 saturated carbocycles. The average molecular weight is 353 g/mol. The Balaban J connectivity index is 1.35. The minimum absolute atomic E-state index is 0.0671. The number of carbonyl (C=O) groups is 1. The fourth-order valence-corrected chi connectivity index (χ4v) is 2.97. The molecule has 0 unspecified atom stereocenters. The Hall–Kier alpha value is -3.53. The lowest BCUT2D eigenvalue weighted by molar-refractivity contribution is 0.0954. The van der Waals surface area contributed by atoms with Crippen LogP contribution >= 0.6 is 0 Å². The molecule has 4 nitrogen and oxygen atoms in total. The van der Waals surface area contributed by atoms with E-state index >= 15 is 0 Å². The molecule has 0 radical (unpaired) electrons. The SMILES string of the molecule is O=C(NCCc1cnc(-c2ccccc2)nc1)c1ccc2ccccc2c1. The van der Waals surface area contributed by atoms with Gasteiger partial charge in [-0.2, -0.15) is 0 Å². The Bertz CT molecular complexity index is 1060. The van der Waals surface area contributed by atoms with Gasteiger partial charge in [-0.05, 0) is 34.9 Å². The Morgan fingerprint density at radius 3 is 2.30 bits per heavy atom. The van der Waals surface area contributed by atoms with Crippen LogP contribution in [0.1, 0.15) is 15.9 Å². The van der Waals surface area contributed by atoms with E-state index in [0.29, 0.717) is 24.4 Å². The van der Waals surface area contributed by atoms with E-state index in [1.165, 1.54) is 0 Å². The number of aromatic nitrogens is 2. The van der Waals surface area contributed by atoms with Crippen LogP contribution < -0.4 is 5.32 Å². The smallest absolute Gasteiger partial charge is 0.251 e. The molecule has 0 aliphatic rings. The third-order valence-corrected chi connectivity index (χ3v) is 4.45. The van der Waals surface area contributed by atoms with Crippen LogP contribution in [-0.4, -0.2) is 22.4 Å². The second-order valence-corrected chi connectivity index (χ2v) is 6.35. The summed E-state index contributed by atoms with van der Waals surface area (Å²) in [5, 5.41) is 5.16. The van der Waals surface area contributed by atoms with E-state index in [0.717, 1.165) is 21.9 Å². The molecule has 0 spiro atoms. The van der Waals surface area contributed by atoms with Crippen molar-refractivity contribution in [1.82, 2.24) is 15.3 Å². The van der Waals surface area contributed by atoms with Crippen molar-refractivity contribution in [3.63, 3.8) is 0 Å². The van der Waals surface area contributed by atoms with Crippen molar-refractivity contribution in [3.8, 4) is 11.4 Å². The van der Waals surface area contributed by atoms with Crippen molar-refractivity contribution in [2.24, 2.45) is 0 Å². The van der Waals surface area contributed by atoms with Crippen molar-refractivity contribution < 1.29 is 4.79 Å². The summed E-state index contributed by atoms with van der Waals surface area (Å²) in [6.45, 7) is 0.541. The molecule has 0 atom stereocenters. The molecule has 1 heterocycles. The first kappa shape index (κ1) is 16.9. The summed E-state index contributed by atoms with van der Waals surface area (Å²) in [4.78, 5) is 21.2. The van der Waals surface area contributed by atoms with Gasteiger partial charge in [-0.1, -0.05) is 60.7 Å². The number of amides is 1. The van der Waals surface area contributed by atoms with Gasteiger partial charge in [-0.3, -0.25) is 4.79 Å². The van der Waals surface area contributed by atoms with Crippen molar-refractivity contribution in [2.75, 3.05) is 6.54 Å². The zero-order valence-electron chi connectivity index (χ0n) is 14.8. The average Bonchev–Trinajstić information content (AvgIpc) is 2.74. The molecule has 27 heavy (non-hydrogen) atoms. The summed E-state index contributed by atoms with van der Waals surface area (Å²) >= 11 is 0. The molecule has 0 aliphatic carbocycles. The van der Waals surface area contributed by atoms with E-state index in [2.05, 4.69) is 15.3 Å². The predicted octanol–water partition coefficient (Wildman–Crippen LogP) is 4.27. The fourth-order valence-electron chi connectivity index (χ4n) is 2.97. The Morgan fingerprint density at radius 2 is 1.52 bits per heavy atom.